The summed E-state index contributed by atoms with van der Waals surface area (Å²) in [5.41, 5.74) is 2.80. The lowest BCUT2D eigenvalue weighted by Gasteiger charge is -2.29. The van der Waals surface area contributed by atoms with Gasteiger partial charge in [-0.05, 0) is 43.2 Å². The molecule has 2 amide bonds. The van der Waals surface area contributed by atoms with Gasteiger partial charge in [-0.15, -0.1) is 0 Å². The molecular formula is C20H23N3O4S. The smallest absolute Gasteiger partial charge is 0.244 e. The van der Waals surface area contributed by atoms with E-state index in [2.05, 4.69) is 5.32 Å². The van der Waals surface area contributed by atoms with Gasteiger partial charge in [0.15, 0.2) is 0 Å². The fraction of sp³-hybridized carbons (Fsp3) is 0.300. The van der Waals surface area contributed by atoms with Crippen molar-refractivity contribution >= 4 is 38.9 Å². The van der Waals surface area contributed by atoms with Crippen LogP contribution in [0.25, 0.3) is 0 Å². The Morgan fingerprint density at radius 2 is 1.93 bits per heavy atom. The first-order valence-corrected chi connectivity index (χ1v) is 10.8. The number of rotatable bonds is 6. The zero-order valence-electron chi connectivity index (χ0n) is 15.9. The molecule has 1 aliphatic heterocycles. The standard InChI is InChI=1S/C20H23N3O4S/c1-15-7-5-8-16(13-15)23(28(2,26)27)12-6-11-20(25)22-14-19(24)21-17-9-3-4-10-18(17)22/h3-5,7-10,13H,6,11-12,14H2,1-2H3,(H,21,24). The molecule has 0 bridgehead atoms. The number of nitrogens with one attached hydrogen (secondary N) is 1. The second-order valence-electron chi connectivity index (χ2n) is 6.82. The van der Waals surface area contributed by atoms with Gasteiger partial charge >= 0.3 is 0 Å². The highest BCUT2D eigenvalue weighted by Gasteiger charge is 2.26. The van der Waals surface area contributed by atoms with E-state index in [0.29, 0.717) is 23.5 Å². The molecule has 0 spiro atoms. The van der Waals surface area contributed by atoms with Gasteiger partial charge in [-0.2, -0.15) is 0 Å². The molecule has 0 saturated carbocycles. The zero-order valence-corrected chi connectivity index (χ0v) is 16.7. The Morgan fingerprint density at radius 1 is 1.18 bits per heavy atom. The highest BCUT2D eigenvalue weighted by atomic mass is 32.2. The van der Waals surface area contributed by atoms with Crippen LogP contribution < -0.4 is 14.5 Å². The molecular weight excluding hydrogens is 378 g/mol. The van der Waals surface area contributed by atoms with Crippen LogP contribution in [0.1, 0.15) is 18.4 Å². The van der Waals surface area contributed by atoms with Crippen molar-refractivity contribution in [3.05, 3.63) is 54.1 Å². The number of amides is 2. The molecule has 7 nitrogen and oxygen atoms in total. The third-order valence-electron chi connectivity index (χ3n) is 4.51. The average molecular weight is 401 g/mol. The van der Waals surface area contributed by atoms with Crippen LogP contribution in [-0.2, 0) is 19.6 Å². The van der Waals surface area contributed by atoms with Gasteiger partial charge in [0, 0.05) is 13.0 Å². The SMILES string of the molecule is Cc1cccc(N(CCCC(=O)N2CC(=O)Nc3ccccc32)S(C)(=O)=O)c1. The lowest BCUT2D eigenvalue weighted by molar-refractivity contribution is -0.121. The molecule has 1 N–H and O–H groups in total. The predicted molar refractivity (Wildman–Crippen MR) is 110 cm³/mol. The Labute approximate surface area is 165 Å². The molecule has 0 fully saturated rings. The molecule has 2 aromatic carbocycles. The summed E-state index contributed by atoms with van der Waals surface area (Å²) in [7, 11) is -3.47. The molecule has 3 rings (SSSR count). The number of carbonyl (C=O) groups is 2. The monoisotopic (exact) mass is 401 g/mol. The van der Waals surface area contributed by atoms with Crippen LogP contribution in [0, 0.1) is 6.92 Å². The molecule has 0 aliphatic carbocycles. The Balaban J connectivity index is 1.70. The highest BCUT2D eigenvalue weighted by molar-refractivity contribution is 7.92. The van der Waals surface area contributed by atoms with Gasteiger partial charge in [0.1, 0.15) is 6.54 Å². The minimum atomic E-state index is -3.47. The maximum atomic E-state index is 12.7. The maximum absolute atomic E-state index is 12.7. The van der Waals surface area contributed by atoms with Crippen molar-refractivity contribution in [2.75, 3.05) is 33.9 Å². The number of aryl methyl sites for hydroxylation is 1. The van der Waals surface area contributed by atoms with Crippen molar-refractivity contribution in [1.82, 2.24) is 0 Å². The molecule has 1 heterocycles. The Hall–Kier alpha value is -2.87. The largest absolute Gasteiger partial charge is 0.323 e. The summed E-state index contributed by atoms with van der Waals surface area (Å²) in [6.07, 6.45) is 1.64. The number of sulfonamides is 1. The van der Waals surface area contributed by atoms with Crippen molar-refractivity contribution in [2.24, 2.45) is 0 Å². The fourth-order valence-corrected chi connectivity index (χ4v) is 4.19. The minimum Gasteiger partial charge on any atom is -0.323 e. The van der Waals surface area contributed by atoms with Crippen LogP contribution in [-0.4, -0.2) is 39.6 Å². The van der Waals surface area contributed by atoms with Crippen LogP contribution in [0.4, 0.5) is 17.1 Å². The van der Waals surface area contributed by atoms with E-state index >= 15 is 0 Å². The fourth-order valence-electron chi connectivity index (χ4n) is 3.23. The summed E-state index contributed by atoms with van der Waals surface area (Å²) in [6.45, 7) is 2.05. The second kappa shape index (κ2) is 8.02. The molecule has 28 heavy (non-hydrogen) atoms. The molecule has 0 atom stereocenters. The Morgan fingerprint density at radius 3 is 2.64 bits per heavy atom. The van der Waals surface area contributed by atoms with Crippen LogP contribution in [0.15, 0.2) is 48.5 Å². The Bertz CT molecular complexity index is 1000. The molecule has 0 aromatic heterocycles. The maximum Gasteiger partial charge on any atom is 0.244 e. The van der Waals surface area contributed by atoms with Gasteiger partial charge in [0.2, 0.25) is 21.8 Å². The summed E-state index contributed by atoms with van der Waals surface area (Å²) in [5.74, 6) is -0.454. The number of para-hydroxylation sites is 2. The first-order valence-electron chi connectivity index (χ1n) is 8.99. The zero-order chi connectivity index (χ0) is 20.3. The van der Waals surface area contributed by atoms with Gasteiger partial charge < -0.3 is 10.2 Å². The highest BCUT2D eigenvalue weighted by Crippen LogP contribution is 2.29. The number of nitrogens with zero attached hydrogens (tertiary/aromatic N) is 2. The summed E-state index contributed by atoms with van der Waals surface area (Å²) in [4.78, 5) is 26.0. The average Bonchev–Trinajstić information content (AvgIpc) is 2.63. The number of carbonyl (C=O) groups excluding carboxylic acids is 2. The molecule has 0 saturated heterocycles. The number of fused-ring (bicyclic) bond motifs is 1. The molecule has 8 heteroatoms. The summed E-state index contributed by atoms with van der Waals surface area (Å²) in [6, 6.07) is 14.4. The summed E-state index contributed by atoms with van der Waals surface area (Å²) in [5, 5.41) is 2.75. The molecule has 1 aliphatic rings. The van der Waals surface area contributed by atoms with E-state index in [1.807, 2.05) is 13.0 Å². The van der Waals surface area contributed by atoms with E-state index < -0.39 is 10.0 Å². The lowest BCUT2D eigenvalue weighted by Crippen LogP contribution is -2.42. The number of anilines is 3. The van der Waals surface area contributed by atoms with Gasteiger partial charge in [-0.1, -0.05) is 24.3 Å². The first-order chi connectivity index (χ1) is 13.3. The first kappa shape index (κ1) is 19.9. The van der Waals surface area contributed by atoms with Crippen LogP contribution >= 0.6 is 0 Å². The lowest BCUT2D eigenvalue weighted by atomic mass is 10.1. The van der Waals surface area contributed by atoms with E-state index in [4.69, 9.17) is 0 Å². The van der Waals surface area contributed by atoms with Gasteiger partial charge in [0.25, 0.3) is 0 Å². The van der Waals surface area contributed by atoms with Crippen LogP contribution in [0.5, 0.6) is 0 Å². The van der Waals surface area contributed by atoms with Crippen molar-refractivity contribution in [2.45, 2.75) is 19.8 Å². The van der Waals surface area contributed by atoms with Gasteiger partial charge in [-0.3, -0.25) is 13.9 Å². The van der Waals surface area contributed by atoms with Crippen molar-refractivity contribution in [3.8, 4) is 0 Å². The van der Waals surface area contributed by atoms with Crippen molar-refractivity contribution in [1.29, 1.82) is 0 Å². The van der Waals surface area contributed by atoms with E-state index in [0.717, 1.165) is 11.8 Å². The molecule has 148 valence electrons. The van der Waals surface area contributed by atoms with Crippen molar-refractivity contribution < 1.29 is 18.0 Å². The predicted octanol–water partition coefficient (Wildman–Crippen LogP) is 2.53. The summed E-state index contributed by atoms with van der Waals surface area (Å²) >= 11 is 0. The van der Waals surface area contributed by atoms with E-state index in [-0.39, 0.29) is 31.3 Å². The third kappa shape index (κ3) is 4.51. The third-order valence-corrected chi connectivity index (χ3v) is 5.71. The number of hydrogen-bond acceptors (Lipinski definition) is 4. The van der Waals surface area contributed by atoms with E-state index in [9.17, 15) is 18.0 Å². The quantitative estimate of drug-likeness (QED) is 0.806. The molecule has 0 unspecified atom stereocenters. The summed E-state index contributed by atoms with van der Waals surface area (Å²) < 4.78 is 25.7. The molecule has 0 radical (unpaired) electrons. The second-order valence-corrected chi connectivity index (χ2v) is 8.73. The van der Waals surface area contributed by atoms with Crippen LogP contribution in [0.2, 0.25) is 0 Å². The minimum absolute atomic E-state index is 0.0382. The van der Waals surface area contributed by atoms with Crippen molar-refractivity contribution in [3.63, 3.8) is 0 Å². The van der Waals surface area contributed by atoms with E-state index in [1.165, 1.54) is 9.21 Å². The Kier molecular flexibility index (Phi) is 5.69. The van der Waals surface area contributed by atoms with Crippen LogP contribution in [0.3, 0.4) is 0 Å². The topological polar surface area (TPSA) is 86.8 Å². The van der Waals surface area contributed by atoms with Gasteiger partial charge in [-0.25, -0.2) is 8.42 Å². The number of benzene rings is 2. The number of hydrogen-bond donors (Lipinski definition) is 1. The normalized spacial score (nSPS) is 13.6. The van der Waals surface area contributed by atoms with E-state index in [1.54, 1.807) is 42.5 Å². The van der Waals surface area contributed by atoms with Gasteiger partial charge in [0.05, 0.1) is 23.3 Å². The molecule has 2 aromatic rings.